The van der Waals surface area contributed by atoms with E-state index in [9.17, 15) is 22.8 Å². The molecular formula is C11H18N2O9S. The molecule has 0 unspecified atom stereocenters. The van der Waals surface area contributed by atoms with Gasteiger partial charge in [-0.25, -0.2) is 4.79 Å². The third-order valence-corrected chi connectivity index (χ3v) is 3.39. The van der Waals surface area contributed by atoms with E-state index in [4.69, 9.17) is 20.4 Å². The lowest BCUT2D eigenvalue weighted by Gasteiger charge is -2.22. The highest BCUT2D eigenvalue weighted by Crippen LogP contribution is 2.15. The normalized spacial score (nSPS) is 15.3. The summed E-state index contributed by atoms with van der Waals surface area (Å²) in [5.74, 6) is -5.02. The van der Waals surface area contributed by atoms with Crippen molar-refractivity contribution in [3.63, 3.8) is 0 Å². The second-order valence-corrected chi connectivity index (χ2v) is 5.76. The van der Waals surface area contributed by atoms with E-state index >= 15 is 0 Å². The summed E-state index contributed by atoms with van der Waals surface area (Å²) in [5, 5.41) is 36.6. The molecule has 132 valence electrons. The lowest BCUT2D eigenvalue weighted by Crippen LogP contribution is -2.46. The quantitative estimate of drug-likeness (QED) is 0.323. The second kappa shape index (κ2) is 9.19. The monoisotopic (exact) mass is 354 g/mol. The summed E-state index contributed by atoms with van der Waals surface area (Å²) >= 11 is 0. The number of carboxylic acid groups (broad SMARTS) is 3. The molecule has 0 aromatic rings. The fourth-order valence-electron chi connectivity index (χ4n) is 1.59. The molecule has 1 fully saturated rings. The summed E-state index contributed by atoms with van der Waals surface area (Å²) in [6.45, 7) is 2.14. The molecule has 5 N–H and O–H groups in total. The fourth-order valence-corrected chi connectivity index (χ4v) is 2.14. The van der Waals surface area contributed by atoms with Gasteiger partial charge in [-0.15, -0.1) is 0 Å². The van der Waals surface area contributed by atoms with E-state index in [2.05, 4.69) is 5.32 Å². The molecule has 1 aliphatic heterocycles. The Morgan fingerprint density at radius 3 is 1.91 bits per heavy atom. The minimum absolute atomic E-state index is 0.397. The van der Waals surface area contributed by atoms with Crippen molar-refractivity contribution in [2.24, 2.45) is 0 Å². The van der Waals surface area contributed by atoms with Crippen LogP contribution in [0.2, 0.25) is 0 Å². The highest BCUT2D eigenvalue weighted by molar-refractivity contribution is 7.72. The smallest absolute Gasteiger partial charge is 0.336 e. The van der Waals surface area contributed by atoms with Crippen LogP contribution < -0.4 is 5.32 Å². The molecule has 11 nitrogen and oxygen atoms in total. The highest BCUT2D eigenvalue weighted by Gasteiger charge is 2.40. The van der Waals surface area contributed by atoms with E-state index in [0.717, 1.165) is 13.1 Å². The number of carbonyl (C=O) groups is 3. The number of hydrogen-bond donors (Lipinski definition) is 5. The Morgan fingerprint density at radius 2 is 1.65 bits per heavy atom. The predicted octanol–water partition coefficient (Wildman–Crippen LogP) is -2.72. The number of hydrogen-bond acceptors (Lipinski definition) is 7. The van der Waals surface area contributed by atoms with Gasteiger partial charge in [0.05, 0.1) is 12.8 Å². The Labute approximate surface area is 132 Å². The van der Waals surface area contributed by atoms with Gasteiger partial charge < -0.3 is 20.4 Å². The number of aliphatic carboxylic acids is 3. The molecule has 0 saturated carbocycles. The van der Waals surface area contributed by atoms with Crippen molar-refractivity contribution in [3.8, 4) is 0 Å². The average Bonchev–Trinajstić information content (AvgIpc) is 2.37. The molecule has 1 heterocycles. The van der Waals surface area contributed by atoms with Gasteiger partial charge in [0.25, 0.3) is 0 Å². The summed E-state index contributed by atoms with van der Waals surface area (Å²) in [4.78, 5) is 32.8. The Morgan fingerprint density at radius 1 is 1.17 bits per heavy atom. The highest BCUT2D eigenvalue weighted by atomic mass is 32.2. The molecule has 1 rings (SSSR count). The minimum Gasteiger partial charge on any atom is -0.481 e. The molecule has 0 atom stereocenters. The summed E-state index contributed by atoms with van der Waals surface area (Å²) in [7, 11) is -0.162. The summed E-state index contributed by atoms with van der Waals surface area (Å²) in [5.41, 5.74) is -2.74. The van der Waals surface area contributed by atoms with Crippen LogP contribution in [0.5, 0.6) is 0 Å². The first-order valence-corrected chi connectivity index (χ1v) is 7.32. The van der Waals surface area contributed by atoms with E-state index in [1.807, 2.05) is 11.9 Å². The third-order valence-electron chi connectivity index (χ3n) is 2.72. The Hall–Kier alpha value is -2.02. The zero-order valence-electron chi connectivity index (χ0n) is 12.2. The second-order valence-electron chi connectivity index (χ2n) is 4.80. The number of nitrogens with one attached hydrogen (secondary N) is 1. The van der Waals surface area contributed by atoms with Gasteiger partial charge in [0.2, 0.25) is 10.3 Å². The summed E-state index contributed by atoms with van der Waals surface area (Å²) in [6.07, 6.45) is -2.29. The van der Waals surface area contributed by atoms with Crippen LogP contribution in [0.15, 0.2) is 0 Å². The van der Waals surface area contributed by atoms with Gasteiger partial charge in [0.1, 0.15) is 4.99 Å². The molecule has 0 bridgehead atoms. The van der Waals surface area contributed by atoms with Crippen LogP contribution >= 0.6 is 0 Å². The number of piperazine rings is 1. The van der Waals surface area contributed by atoms with Crippen LogP contribution in [0.3, 0.4) is 0 Å². The lowest BCUT2D eigenvalue weighted by molar-refractivity contribution is -0.170. The van der Waals surface area contributed by atoms with Crippen molar-refractivity contribution >= 4 is 33.2 Å². The summed E-state index contributed by atoms with van der Waals surface area (Å²) in [6, 6.07) is 0. The molecule has 0 spiro atoms. The van der Waals surface area contributed by atoms with Crippen LogP contribution in [0.4, 0.5) is 0 Å². The molecule has 0 radical (unpaired) electrons. The number of nitrogens with zero attached hydrogens (tertiary/aromatic N) is 1. The van der Waals surface area contributed by atoms with Gasteiger partial charge in [-0.05, 0) is 7.05 Å². The lowest BCUT2D eigenvalue weighted by atomic mass is 9.96. The van der Waals surface area contributed by atoms with Gasteiger partial charge >= 0.3 is 17.9 Å². The van der Waals surface area contributed by atoms with Crippen LogP contribution in [-0.2, 0) is 24.7 Å². The number of likely N-dealkylation sites (N-methyl/N-ethyl adjacent to an activating group) is 1. The van der Waals surface area contributed by atoms with Crippen molar-refractivity contribution in [2.45, 2.75) is 18.4 Å². The maximum Gasteiger partial charge on any atom is 0.336 e. The van der Waals surface area contributed by atoms with Gasteiger partial charge in [0.15, 0.2) is 5.60 Å². The first kappa shape index (κ1) is 21.0. The topological polar surface area (TPSA) is 182 Å². The Kier molecular flexibility index (Phi) is 8.39. The van der Waals surface area contributed by atoms with Gasteiger partial charge in [0, 0.05) is 19.6 Å². The Balaban J connectivity index is 0.000000433. The number of aliphatic hydroxyl groups is 1. The first-order valence-electron chi connectivity index (χ1n) is 6.25. The zero-order valence-corrected chi connectivity index (χ0v) is 13.0. The molecule has 0 aromatic carbocycles. The molecule has 12 heteroatoms. The molecule has 0 aliphatic carbocycles. The minimum atomic E-state index is -2.74. The van der Waals surface area contributed by atoms with E-state index in [1.165, 1.54) is 0 Å². The maximum atomic E-state index is 10.4. The van der Waals surface area contributed by atoms with E-state index in [1.54, 1.807) is 0 Å². The van der Waals surface area contributed by atoms with Crippen LogP contribution in [-0.4, -0.2) is 88.9 Å². The van der Waals surface area contributed by atoms with Crippen molar-refractivity contribution < 1.29 is 43.2 Å². The summed E-state index contributed by atoms with van der Waals surface area (Å²) < 4.78 is 20.7. The maximum absolute atomic E-state index is 10.4. The van der Waals surface area contributed by atoms with Crippen molar-refractivity contribution in [1.82, 2.24) is 10.2 Å². The standard InChI is InChI=1S/C6H8O7.C5H10N2O2S/c7-3(8)1-6(13,5(11)12)2-4(9)10;1-7-3-2-6-5(4-7)10(8)9/h13H,1-2H2,(H,7,8)(H,9,10)(H,11,12);6H,2-4H2,1H3. The van der Waals surface area contributed by atoms with E-state index < -0.39 is 46.6 Å². The van der Waals surface area contributed by atoms with E-state index in [0.29, 0.717) is 11.5 Å². The first-order chi connectivity index (χ1) is 10.5. The molecular weight excluding hydrogens is 336 g/mol. The molecule has 1 saturated heterocycles. The third kappa shape index (κ3) is 8.25. The fraction of sp³-hybridized carbons (Fsp3) is 0.636. The predicted molar refractivity (Wildman–Crippen MR) is 76.5 cm³/mol. The Bertz CT molecular complexity index is 575. The number of carboxylic acids is 3. The van der Waals surface area contributed by atoms with E-state index in [-0.39, 0.29) is 0 Å². The van der Waals surface area contributed by atoms with Gasteiger partial charge in [-0.3, -0.25) is 19.8 Å². The van der Waals surface area contributed by atoms with Crippen molar-refractivity contribution in [1.29, 1.82) is 0 Å². The zero-order chi connectivity index (χ0) is 18.2. The average molecular weight is 354 g/mol. The molecule has 0 amide bonds. The van der Waals surface area contributed by atoms with Crippen LogP contribution in [0.25, 0.3) is 0 Å². The van der Waals surface area contributed by atoms with Crippen LogP contribution in [0.1, 0.15) is 12.8 Å². The number of rotatable bonds is 5. The molecule has 23 heavy (non-hydrogen) atoms. The van der Waals surface area contributed by atoms with Gasteiger partial charge in [-0.1, -0.05) is 0 Å². The van der Waals surface area contributed by atoms with Crippen molar-refractivity contribution in [2.75, 3.05) is 26.7 Å². The molecule has 0 aromatic heterocycles. The largest absolute Gasteiger partial charge is 0.481 e. The van der Waals surface area contributed by atoms with Gasteiger partial charge in [-0.2, -0.15) is 8.42 Å². The SMILES string of the molecule is CN1CCNC(=S(=O)=O)C1.O=C(O)CC(O)(CC(=O)O)C(=O)O. The van der Waals surface area contributed by atoms with Crippen molar-refractivity contribution in [3.05, 3.63) is 0 Å². The molecule has 1 aliphatic rings. The van der Waals surface area contributed by atoms with Crippen LogP contribution in [0, 0.1) is 0 Å².